The zero-order valence-electron chi connectivity index (χ0n) is 15.6. The summed E-state index contributed by atoms with van der Waals surface area (Å²) in [6.07, 6.45) is 0. The van der Waals surface area contributed by atoms with Crippen LogP contribution in [0.1, 0.15) is 11.6 Å². The van der Waals surface area contributed by atoms with Crippen LogP contribution in [0.4, 0.5) is 5.69 Å². The monoisotopic (exact) mass is 399 g/mol. The Labute approximate surface area is 163 Å². The molecule has 0 fully saturated rings. The smallest absolute Gasteiger partial charge is 0.289 e. The molecule has 3 rings (SSSR count). The number of hydrogen-bond donors (Lipinski definition) is 1. The van der Waals surface area contributed by atoms with Crippen LogP contribution in [0.25, 0.3) is 10.8 Å². The van der Waals surface area contributed by atoms with Gasteiger partial charge in [0.25, 0.3) is 5.69 Å². The summed E-state index contributed by atoms with van der Waals surface area (Å²) in [6, 6.07) is 18.9. The van der Waals surface area contributed by atoms with Gasteiger partial charge in [0.2, 0.25) is 10.0 Å². The highest BCUT2D eigenvalue weighted by atomic mass is 32.2. The highest BCUT2D eigenvalue weighted by Crippen LogP contribution is 2.28. The molecule has 0 bridgehead atoms. The minimum Gasteiger partial charge on any atom is -0.301 e. The number of nitro groups is 1. The summed E-state index contributed by atoms with van der Waals surface area (Å²) in [5, 5.41) is 13.3. The number of nitrogens with zero attached hydrogens (tertiary/aromatic N) is 2. The van der Waals surface area contributed by atoms with E-state index in [2.05, 4.69) is 4.72 Å². The SMILES string of the molecule is CN(C)C(CNS(=O)(=O)c1ccccc1[N+](=O)[O-])c1cccc2ccccc12. The first-order chi connectivity index (χ1) is 13.3. The lowest BCUT2D eigenvalue weighted by molar-refractivity contribution is -0.387. The average molecular weight is 399 g/mol. The summed E-state index contributed by atoms with van der Waals surface area (Å²) in [6.45, 7) is 0.0788. The van der Waals surface area contributed by atoms with Crippen molar-refractivity contribution in [3.8, 4) is 0 Å². The van der Waals surface area contributed by atoms with E-state index in [-0.39, 0.29) is 17.5 Å². The van der Waals surface area contributed by atoms with E-state index in [4.69, 9.17) is 0 Å². The van der Waals surface area contributed by atoms with E-state index >= 15 is 0 Å². The Balaban J connectivity index is 1.93. The third-order valence-corrected chi connectivity index (χ3v) is 6.09. The number of benzene rings is 3. The highest BCUT2D eigenvalue weighted by molar-refractivity contribution is 7.89. The Morgan fingerprint density at radius 2 is 1.64 bits per heavy atom. The molecule has 0 aliphatic rings. The number of fused-ring (bicyclic) bond motifs is 1. The van der Waals surface area contributed by atoms with Crippen LogP contribution in [0, 0.1) is 10.1 Å². The van der Waals surface area contributed by atoms with Crippen molar-refractivity contribution in [3.63, 3.8) is 0 Å². The van der Waals surface area contributed by atoms with Gasteiger partial charge in [-0.2, -0.15) is 0 Å². The fraction of sp³-hybridized carbons (Fsp3) is 0.200. The minimum absolute atomic E-state index is 0.0788. The first-order valence-corrected chi connectivity index (χ1v) is 10.2. The number of hydrogen-bond acceptors (Lipinski definition) is 5. The number of nitrogens with one attached hydrogen (secondary N) is 1. The summed E-state index contributed by atoms with van der Waals surface area (Å²) in [5.41, 5.74) is 0.537. The lowest BCUT2D eigenvalue weighted by atomic mass is 9.98. The maximum absolute atomic E-state index is 12.7. The van der Waals surface area contributed by atoms with E-state index in [1.165, 1.54) is 24.3 Å². The van der Waals surface area contributed by atoms with Gasteiger partial charge >= 0.3 is 0 Å². The number of rotatable bonds is 7. The predicted molar refractivity (Wildman–Crippen MR) is 109 cm³/mol. The van der Waals surface area contributed by atoms with Gasteiger partial charge in [0, 0.05) is 18.7 Å². The second-order valence-corrected chi connectivity index (χ2v) is 8.36. The quantitative estimate of drug-likeness (QED) is 0.486. The maximum atomic E-state index is 12.7. The fourth-order valence-electron chi connectivity index (χ4n) is 3.21. The molecule has 7 nitrogen and oxygen atoms in total. The minimum atomic E-state index is -4.04. The largest absolute Gasteiger partial charge is 0.301 e. The second-order valence-electron chi connectivity index (χ2n) is 6.62. The molecule has 0 heterocycles. The molecule has 3 aromatic carbocycles. The van der Waals surface area contributed by atoms with Crippen molar-refractivity contribution in [2.75, 3.05) is 20.6 Å². The van der Waals surface area contributed by atoms with Crippen molar-refractivity contribution in [3.05, 3.63) is 82.4 Å². The molecular weight excluding hydrogens is 378 g/mol. The molecule has 0 amide bonds. The lowest BCUT2D eigenvalue weighted by Crippen LogP contribution is -2.34. The van der Waals surface area contributed by atoms with Gasteiger partial charge in [-0.15, -0.1) is 0 Å². The third kappa shape index (κ3) is 4.04. The van der Waals surface area contributed by atoms with Crippen molar-refractivity contribution < 1.29 is 13.3 Å². The van der Waals surface area contributed by atoms with Gasteiger partial charge in [-0.05, 0) is 36.5 Å². The summed E-state index contributed by atoms with van der Waals surface area (Å²) in [7, 11) is -0.311. The molecule has 0 spiro atoms. The van der Waals surface area contributed by atoms with Crippen molar-refractivity contribution in [1.29, 1.82) is 0 Å². The molecule has 1 unspecified atom stereocenters. The summed E-state index contributed by atoms with van der Waals surface area (Å²) < 4.78 is 28.0. The highest BCUT2D eigenvalue weighted by Gasteiger charge is 2.27. The number of likely N-dealkylation sites (N-methyl/N-ethyl adjacent to an activating group) is 1. The lowest BCUT2D eigenvalue weighted by Gasteiger charge is -2.26. The molecule has 0 aliphatic carbocycles. The molecule has 0 saturated heterocycles. The van der Waals surface area contributed by atoms with E-state index in [9.17, 15) is 18.5 Å². The van der Waals surface area contributed by atoms with Crippen LogP contribution in [-0.2, 0) is 10.0 Å². The van der Waals surface area contributed by atoms with Crippen LogP contribution in [0.3, 0.4) is 0 Å². The Morgan fingerprint density at radius 3 is 2.36 bits per heavy atom. The van der Waals surface area contributed by atoms with E-state index in [0.29, 0.717) is 0 Å². The fourth-order valence-corrected chi connectivity index (χ4v) is 4.42. The van der Waals surface area contributed by atoms with Crippen LogP contribution >= 0.6 is 0 Å². The van der Waals surface area contributed by atoms with Gasteiger partial charge in [-0.3, -0.25) is 10.1 Å². The van der Waals surface area contributed by atoms with Crippen molar-refractivity contribution >= 4 is 26.5 Å². The van der Waals surface area contributed by atoms with Gasteiger partial charge in [-0.25, -0.2) is 13.1 Å². The summed E-state index contributed by atoms with van der Waals surface area (Å²) >= 11 is 0. The molecule has 3 aromatic rings. The number of sulfonamides is 1. The zero-order chi connectivity index (χ0) is 20.3. The van der Waals surface area contributed by atoms with E-state index in [1.807, 2.05) is 61.5 Å². The predicted octanol–water partition coefficient (Wildman–Crippen LogP) is 3.33. The van der Waals surface area contributed by atoms with Crippen molar-refractivity contribution in [2.45, 2.75) is 10.9 Å². The Bertz CT molecular complexity index is 1110. The molecule has 0 aliphatic heterocycles. The van der Waals surface area contributed by atoms with Gasteiger partial charge in [0.15, 0.2) is 4.90 Å². The summed E-state index contributed by atoms with van der Waals surface area (Å²) in [4.78, 5) is 12.1. The number of nitro benzene ring substituents is 1. The molecule has 1 atom stereocenters. The Kier molecular flexibility index (Phi) is 5.73. The molecular formula is C20H21N3O4S. The molecule has 146 valence electrons. The standard InChI is InChI=1S/C20H21N3O4S/c1-22(2)19(17-11-7-9-15-8-3-4-10-16(15)17)14-21-28(26,27)20-13-6-5-12-18(20)23(24)25/h3-13,19,21H,14H2,1-2H3. The summed E-state index contributed by atoms with van der Waals surface area (Å²) in [5.74, 6) is 0. The molecule has 0 radical (unpaired) electrons. The molecule has 8 heteroatoms. The van der Waals surface area contributed by atoms with Gasteiger partial charge in [0.1, 0.15) is 0 Å². The normalized spacial score (nSPS) is 13.0. The van der Waals surface area contributed by atoms with Gasteiger partial charge in [0.05, 0.1) is 4.92 Å². The van der Waals surface area contributed by atoms with Crippen molar-refractivity contribution in [2.24, 2.45) is 0 Å². The first-order valence-electron chi connectivity index (χ1n) is 8.68. The molecule has 28 heavy (non-hydrogen) atoms. The Hall–Kier alpha value is -2.81. The first kappa shape index (κ1) is 19.9. The maximum Gasteiger partial charge on any atom is 0.289 e. The second kappa shape index (κ2) is 8.05. The van der Waals surface area contributed by atoms with E-state index in [1.54, 1.807) is 0 Å². The van der Waals surface area contributed by atoms with Crippen LogP contribution in [0.15, 0.2) is 71.6 Å². The molecule has 0 aromatic heterocycles. The van der Waals surface area contributed by atoms with Crippen LogP contribution in [0.2, 0.25) is 0 Å². The van der Waals surface area contributed by atoms with Crippen molar-refractivity contribution in [1.82, 2.24) is 9.62 Å². The van der Waals surface area contributed by atoms with E-state index < -0.39 is 20.6 Å². The van der Waals surface area contributed by atoms with Gasteiger partial charge in [-0.1, -0.05) is 54.6 Å². The van der Waals surface area contributed by atoms with E-state index in [0.717, 1.165) is 16.3 Å². The van der Waals surface area contributed by atoms with Crippen LogP contribution in [-0.4, -0.2) is 38.9 Å². The topological polar surface area (TPSA) is 92.6 Å². The van der Waals surface area contributed by atoms with Crippen LogP contribution < -0.4 is 4.72 Å². The molecule has 1 N–H and O–H groups in total. The number of para-hydroxylation sites is 1. The third-order valence-electron chi connectivity index (χ3n) is 4.62. The van der Waals surface area contributed by atoms with Crippen LogP contribution in [0.5, 0.6) is 0 Å². The molecule has 0 saturated carbocycles. The average Bonchev–Trinajstić information content (AvgIpc) is 2.68. The zero-order valence-corrected chi connectivity index (χ0v) is 16.4. The van der Waals surface area contributed by atoms with Gasteiger partial charge < -0.3 is 4.90 Å². The Morgan fingerprint density at radius 1 is 1.00 bits per heavy atom.